The van der Waals surface area contributed by atoms with Gasteiger partial charge in [-0.25, -0.2) is 4.98 Å². The topological polar surface area (TPSA) is 64.2 Å². The van der Waals surface area contributed by atoms with Gasteiger partial charge in [-0.05, 0) is 38.8 Å². The molecule has 1 saturated heterocycles. The largest absolute Gasteiger partial charge is 0.355 e. The van der Waals surface area contributed by atoms with E-state index in [4.69, 9.17) is 40.5 Å². The molecule has 0 spiro atoms. The molecule has 25 heavy (non-hydrogen) atoms. The minimum Gasteiger partial charge on any atom is -0.355 e. The molecule has 2 N–H and O–H groups in total. The van der Waals surface area contributed by atoms with Crippen LogP contribution in [0, 0.1) is 6.92 Å². The van der Waals surface area contributed by atoms with Crippen molar-refractivity contribution >= 4 is 40.6 Å². The molecule has 5 nitrogen and oxygen atoms in total. The molecule has 1 fully saturated rings. The van der Waals surface area contributed by atoms with E-state index in [0.717, 1.165) is 12.8 Å². The standard InChI is InChI=1S/C17H19Cl3N4O/c1-10-22-15(23-8-6-17(2,21)7-9-23)14(20)16(25)24(10)12-5-3-4-11(18)13(12)19/h3-5H,6-9,21H2,1-2H3. The average Bonchev–Trinajstić information content (AvgIpc) is 2.55. The first-order valence-corrected chi connectivity index (χ1v) is 9.12. The number of halogens is 3. The van der Waals surface area contributed by atoms with Crippen molar-refractivity contribution in [2.24, 2.45) is 5.73 Å². The van der Waals surface area contributed by atoms with E-state index in [0.29, 0.717) is 35.4 Å². The first-order valence-electron chi connectivity index (χ1n) is 7.98. The summed E-state index contributed by atoms with van der Waals surface area (Å²) < 4.78 is 1.39. The number of aryl methyl sites for hydroxylation is 1. The molecule has 0 atom stereocenters. The molecular formula is C17H19Cl3N4O. The zero-order chi connectivity index (χ0) is 18.4. The lowest BCUT2D eigenvalue weighted by molar-refractivity contribution is 0.363. The van der Waals surface area contributed by atoms with Gasteiger partial charge in [0.15, 0.2) is 5.82 Å². The normalized spacial score (nSPS) is 17.0. The van der Waals surface area contributed by atoms with Crippen molar-refractivity contribution in [3.05, 3.63) is 49.4 Å². The minimum absolute atomic E-state index is 0.0715. The summed E-state index contributed by atoms with van der Waals surface area (Å²) in [6.45, 7) is 5.19. The van der Waals surface area contributed by atoms with Crippen LogP contribution in [0.15, 0.2) is 23.0 Å². The van der Waals surface area contributed by atoms with E-state index in [1.165, 1.54) is 4.57 Å². The maximum atomic E-state index is 12.9. The first kappa shape index (κ1) is 18.5. The zero-order valence-corrected chi connectivity index (χ0v) is 16.3. The van der Waals surface area contributed by atoms with Crippen LogP contribution >= 0.6 is 34.8 Å². The van der Waals surface area contributed by atoms with E-state index in [9.17, 15) is 4.79 Å². The molecule has 1 aliphatic rings. The molecule has 1 aromatic carbocycles. The molecule has 2 heterocycles. The maximum Gasteiger partial charge on any atom is 0.279 e. The molecule has 0 radical (unpaired) electrons. The third kappa shape index (κ3) is 3.51. The third-order valence-electron chi connectivity index (χ3n) is 4.56. The number of piperidine rings is 1. The third-order valence-corrected chi connectivity index (χ3v) is 5.70. The molecular weight excluding hydrogens is 383 g/mol. The van der Waals surface area contributed by atoms with Crippen LogP contribution in [0.5, 0.6) is 0 Å². The second-order valence-corrected chi connectivity index (χ2v) is 7.81. The van der Waals surface area contributed by atoms with Crippen LogP contribution in [0.1, 0.15) is 25.6 Å². The summed E-state index contributed by atoms with van der Waals surface area (Å²) in [4.78, 5) is 19.5. The summed E-state index contributed by atoms with van der Waals surface area (Å²) in [5.74, 6) is 0.990. The van der Waals surface area contributed by atoms with Crippen molar-refractivity contribution in [2.75, 3.05) is 18.0 Å². The molecule has 2 aromatic rings. The minimum atomic E-state index is -0.366. The van der Waals surface area contributed by atoms with Gasteiger partial charge in [0.1, 0.15) is 10.8 Å². The van der Waals surface area contributed by atoms with Crippen molar-refractivity contribution in [1.82, 2.24) is 9.55 Å². The highest BCUT2D eigenvalue weighted by Gasteiger charge is 2.29. The maximum absolute atomic E-state index is 12.9. The predicted octanol–water partition coefficient (Wildman–Crippen LogP) is 3.82. The number of nitrogens with zero attached hydrogens (tertiary/aromatic N) is 3. The van der Waals surface area contributed by atoms with Gasteiger partial charge in [-0.2, -0.15) is 0 Å². The Labute approximate surface area is 161 Å². The quantitative estimate of drug-likeness (QED) is 0.831. The van der Waals surface area contributed by atoms with Gasteiger partial charge < -0.3 is 10.6 Å². The number of hydrogen-bond donors (Lipinski definition) is 1. The van der Waals surface area contributed by atoms with Gasteiger partial charge in [-0.1, -0.05) is 40.9 Å². The van der Waals surface area contributed by atoms with Gasteiger partial charge in [0, 0.05) is 18.6 Å². The SMILES string of the molecule is Cc1nc(N2CCC(C)(N)CC2)c(Cl)c(=O)n1-c1cccc(Cl)c1Cl. The number of aromatic nitrogens is 2. The fraction of sp³-hybridized carbons (Fsp3) is 0.412. The summed E-state index contributed by atoms with van der Waals surface area (Å²) >= 11 is 18.7. The lowest BCUT2D eigenvalue weighted by atomic mass is 9.91. The molecule has 0 amide bonds. The Kier molecular flexibility index (Phi) is 5.04. The highest BCUT2D eigenvalue weighted by atomic mass is 35.5. The summed E-state index contributed by atoms with van der Waals surface area (Å²) in [5, 5.41) is 0.725. The molecule has 8 heteroatoms. The Morgan fingerprint density at radius 3 is 2.44 bits per heavy atom. The number of rotatable bonds is 2. The van der Waals surface area contributed by atoms with E-state index < -0.39 is 0 Å². The van der Waals surface area contributed by atoms with Gasteiger partial charge in [0.25, 0.3) is 5.56 Å². The highest BCUT2D eigenvalue weighted by molar-refractivity contribution is 6.43. The number of anilines is 1. The smallest absolute Gasteiger partial charge is 0.279 e. The molecule has 134 valence electrons. The number of hydrogen-bond acceptors (Lipinski definition) is 4. The van der Waals surface area contributed by atoms with Crippen LogP contribution in [0.25, 0.3) is 5.69 Å². The Bertz CT molecular complexity index is 869. The monoisotopic (exact) mass is 400 g/mol. The lowest BCUT2D eigenvalue weighted by Gasteiger charge is -2.37. The van der Waals surface area contributed by atoms with Crippen LogP contribution in [0.2, 0.25) is 15.1 Å². The van der Waals surface area contributed by atoms with Crippen LogP contribution < -0.4 is 16.2 Å². The Morgan fingerprint density at radius 1 is 1.16 bits per heavy atom. The van der Waals surface area contributed by atoms with Crippen LogP contribution in [0.3, 0.4) is 0 Å². The van der Waals surface area contributed by atoms with Crippen molar-refractivity contribution in [1.29, 1.82) is 0 Å². The van der Waals surface area contributed by atoms with Gasteiger partial charge in [-0.3, -0.25) is 9.36 Å². The van der Waals surface area contributed by atoms with Crippen LogP contribution in [0.4, 0.5) is 5.82 Å². The van der Waals surface area contributed by atoms with Gasteiger partial charge in [0.05, 0.1) is 15.7 Å². The Hall–Kier alpha value is -1.27. The Balaban J connectivity index is 2.07. The van der Waals surface area contributed by atoms with E-state index in [2.05, 4.69) is 4.98 Å². The van der Waals surface area contributed by atoms with E-state index in [1.807, 2.05) is 11.8 Å². The molecule has 0 aliphatic carbocycles. The molecule has 1 aromatic heterocycles. The molecule has 3 rings (SSSR count). The fourth-order valence-electron chi connectivity index (χ4n) is 2.98. The van der Waals surface area contributed by atoms with Gasteiger partial charge in [0.2, 0.25) is 0 Å². The molecule has 1 aliphatic heterocycles. The predicted molar refractivity (Wildman–Crippen MR) is 104 cm³/mol. The van der Waals surface area contributed by atoms with E-state index in [-0.39, 0.29) is 21.1 Å². The highest BCUT2D eigenvalue weighted by Crippen LogP contribution is 2.31. The summed E-state index contributed by atoms with van der Waals surface area (Å²) in [7, 11) is 0. The number of nitrogens with two attached hydrogens (primary N) is 1. The first-order chi connectivity index (χ1) is 11.7. The average molecular weight is 402 g/mol. The van der Waals surface area contributed by atoms with Crippen molar-refractivity contribution in [2.45, 2.75) is 32.2 Å². The van der Waals surface area contributed by atoms with Crippen molar-refractivity contribution < 1.29 is 0 Å². The van der Waals surface area contributed by atoms with E-state index in [1.54, 1.807) is 25.1 Å². The second kappa shape index (κ2) is 6.80. The lowest BCUT2D eigenvalue weighted by Crippen LogP contribution is -2.49. The zero-order valence-electron chi connectivity index (χ0n) is 14.0. The molecule has 0 saturated carbocycles. The number of benzene rings is 1. The molecule has 0 unspecified atom stereocenters. The van der Waals surface area contributed by atoms with E-state index >= 15 is 0 Å². The summed E-state index contributed by atoms with van der Waals surface area (Å²) in [5.41, 5.74) is 6.08. The van der Waals surface area contributed by atoms with Crippen molar-refractivity contribution in [3.63, 3.8) is 0 Å². The molecule has 0 bridgehead atoms. The Morgan fingerprint density at radius 2 is 1.80 bits per heavy atom. The van der Waals surface area contributed by atoms with Crippen LogP contribution in [-0.2, 0) is 0 Å². The van der Waals surface area contributed by atoms with Crippen LogP contribution in [-0.4, -0.2) is 28.2 Å². The van der Waals surface area contributed by atoms with Gasteiger partial charge >= 0.3 is 0 Å². The fourth-order valence-corrected chi connectivity index (χ4v) is 3.61. The summed E-state index contributed by atoms with van der Waals surface area (Å²) in [6, 6.07) is 5.10. The van der Waals surface area contributed by atoms with Crippen molar-refractivity contribution in [3.8, 4) is 5.69 Å². The second-order valence-electron chi connectivity index (χ2n) is 6.65. The summed E-state index contributed by atoms with van der Waals surface area (Å²) in [6.07, 6.45) is 1.63. The van der Waals surface area contributed by atoms with Gasteiger partial charge in [-0.15, -0.1) is 0 Å².